The number of amides is 1. The smallest absolute Gasteiger partial charge is 0.480 e. The fourth-order valence-corrected chi connectivity index (χ4v) is 1.60. The number of nitrogens with one attached hydrogen (secondary N) is 1. The van der Waals surface area contributed by atoms with Gasteiger partial charge in [-0.15, -0.1) is 0 Å². The van der Waals surface area contributed by atoms with Gasteiger partial charge in [-0.25, -0.2) is 4.79 Å². The van der Waals surface area contributed by atoms with Crippen molar-refractivity contribution in [3.63, 3.8) is 0 Å². The van der Waals surface area contributed by atoms with E-state index in [1.54, 1.807) is 38.1 Å². The van der Waals surface area contributed by atoms with E-state index < -0.39 is 17.9 Å². The average molecular weight is 263 g/mol. The van der Waals surface area contributed by atoms with Gasteiger partial charge in [0, 0.05) is 0 Å². The summed E-state index contributed by atoms with van der Waals surface area (Å²) in [5.74, 6) is -1.73. The molecule has 0 aromatic heterocycles. The van der Waals surface area contributed by atoms with E-state index in [4.69, 9.17) is 16.7 Å². The van der Waals surface area contributed by atoms with Crippen LogP contribution in [0.3, 0.4) is 0 Å². The summed E-state index contributed by atoms with van der Waals surface area (Å²) in [5.41, 5.74) is 0.279. The second kappa shape index (κ2) is 7.48. The van der Waals surface area contributed by atoms with Gasteiger partial charge in [-0.05, 0) is 18.1 Å². The van der Waals surface area contributed by atoms with E-state index in [-0.39, 0.29) is 30.3 Å². The summed E-state index contributed by atoms with van der Waals surface area (Å²) >= 11 is 5.85. The molecular formula is C12H14ClLiNO3+. The van der Waals surface area contributed by atoms with Crippen LogP contribution < -0.4 is 24.2 Å². The molecule has 6 heteroatoms. The molecular weight excluding hydrogens is 249 g/mol. The average Bonchev–Trinajstić information content (AvgIpc) is 2.25. The van der Waals surface area contributed by atoms with Crippen LogP contribution in [-0.4, -0.2) is 23.0 Å². The van der Waals surface area contributed by atoms with Crippen LogP contribution in [0.2, 0.25) is 5.02 Å². The molecule has 0 heterocycles. The van der Waals surface area contributed by atoms with E-state index in [1.165, 1.54) is 0 Å². The largest absolute Gasteiger partial charge is 1.00 e. The Morgan fingerprint density at radius 1 is 1.28 bits per heavy atom. The van der Waals surface area contributed by atoms with Gasteiger partial charge in [-0.1, -0.05) is 37.6 Å². The van der Waals surface area contributed by atoms with Crippen LogP contribution in [0.25, 0.3) is 0 Å². The van der Waals surface area contributed by atoms with Gasteiger partial charge in [0.25, 0.3) is 5.91 Å². The molecule has 1 amide bonds. The SMILES string of the molecule is CC(C)C(NC(=O)c1ccccc1Cl)C(=O)O.[Li+]. The number of carboxylic acid groups (broad SMARTS) is 1. The summed E-state index contributed by atoms with van der Waals surface area (Å²) in [6.45, 7) is 3.46. The fraction of sp³-hybridized carbons (Fsp3) is 0.333. The number of benzene rings is 1. The van der Waals surface area contributed by atoms with E-state index in [0.29, 0.717) is 5.02 Å². The molecule has 18 heavy (non-hydrogen) atoms. The molecule has 1 atom stereocenters. The van der Waals surface area contributed by atoms with Crippen LogP contribution in [0, 0.1) is 5.92 Å². The summed E-state index contributed by atoms with van der Waals surface area (Å²) in [7, 11) is 0. The molecule has 2 N–H and O–H groups in total. The Hall–Kier alpha value is -0.953. The normalized spacial score (nSPS) is 11.6. The van der Waals surface area contributed by atoms with E-state index in [0.717, 1.165) is 0 Å². The first-order chi connectivity index (χ1) is 7.93. The molecule has 1 rings (SSSR count). The third-order valence-corrected chi connectivity index (χ3v) is 2.67. The maximum absolute atomic E-state index is 11.8. The molecule has 1 aromatic rings. The fourth-order valence-electron chi connectivity index (χ4n) is 1.38. The zero-order chi connectivity index (χ0) is 13.0. The molecule has 0 aliphatic rings. The molecule has 1 unspecified atom stereocenters. The van der Waals surface area contributed by atoms with Crippen molar-refractivity contribution in [2.24, 2.45) is 5.92 Å². The molecule has 0 saturated heterocycles. The Bertz CT molecular complexity index is 437. The van der Waals surface area contributed by atoms with E-state index in [1.807, 2.05) is 0 Å². The molecule has 0 aliphatic carbocycles. The van der Waals surface area contributed by atoms with Crippen molar-refractivity contribution in [2.75, 3.05) is 0 Å². The van der Waals surface area contributed by atoms with Crippen molar-refractivity contribution in [3.8, 4) is 0 Å². The minimum atomic E-state index is -1.06. The van der Waals surface area contributed by atoms with Crippen LogP contribution >= 0.6 is 11.6 Å². The number of carbonyl (C=O) groups excluding carboxylic acids is 1. The quantitative estimate of drug-likeness (QED) is 0.697. The summed E-state index contributed by atoms with van der Waals surface area (Å²) < 4.78 is 0. The molecule has 92 valence electrons. The third kappa shape index (κ3) is 4.38. The minimum Gasteiger partial charge on any atom is -0.480 e. The molecule has 0 fully saturated rings. The number of rotatable bonds is 4. The predicted molar refractivity (Wildman–Crippen MR) is 65.2 cm³/mol. The molecule has 1 aromatic carbocycles. The van der Waals surface area contributed by atoms with E-state index >= 15 is 0 Å². The van der Waals surface area contributed by atoms with Crippen molar-refractivity contribution in [1.82, 2.24) is 5.32 Å². The summed E-state index contributed by atoms with van der Waals surface area (Å²) in [5, 5.41) is 11.7. The molecule has 0 spiro atoms. The van der Waals surface area contributed by atoms with Crippen molar-refractivity contribution in [1.29, 1.82) is 0 Å². The van der Waals surface area contributed by atoms with Crippen LogP contribution in [-0.2, 0) is 4.79 Å². The van der Waals surface area contributed by atoms with Crippen molar-refractivity contribution >= 4 is 23.5 Å². The molecule has 0 saturated carbocycles. The maximum atomic E-state index is 11.8. The Balaban J connectivity index is 0.00000289. The predicted octanol–water partition coefficient (Wildman–Crippen LogP) is -0.817. The number of aliphatic carboxylic acids is 1. The first-order valence-corrected chi connectivity index (χ1v) is 5.59. The Labute approximate surface area is 123 Å². The van der Waals surface area contributed by atoms with Crippen LogP contribution in [0.1, 0.15) is 24.2 Å². The van der Waals surface area contributed by atoms with Gasteiger partial charge in [0.15, 0.2) is 0 Å². The topological polar surface area (TPSA) is 66.4 Å². The van der Waals surface area contributed by atoms with E-state index in [9.17, 15) is 9.59 Å². The maximum Gasteiger partial charge on any atom is 1.00 e. The second-order valence-electron chi connectivity index (χ2n) is 4.01. The number of hydrogen-bond acceptors (Lipinski definition) is 2. The molecule has 0 bridgehead atoms. The number of carboxylic acids is 1. The zero-order valence-corrected chi connectivity index (χ0v) is 11.4. The number of halogens is 1. The molecule has 0 aliphatic heterocycles. The summed E-state index contributed by atoms with van der Waals surface area (Å²) in [4.78, 5) is 22.8. The van der Waals surface area contributed by atoms with Gasteiger partial charge >= 0.3 is 24.8 Å². The monoisotopic (exact) mass is 262 g/mol. The van der Waals surface area contributed by atoms with Crippen LogP contribution in [0.15, 0.2) is 24.3 Å². The van der Waals surface area contributed by atoms with Gasteiger partial charge in [-0.2, -0.15) is 0 Å². The first-order valence-electron chi connectivity index (χ1n) is 5.21. The number of carbonyl (C=O) groups is 2. The summed E-state index contributed by atoms with van der Waals surface area (Å²) in [6, 6.07) is 5.60. The Morgan fingerprint density at radius 2 is 1.83 bits per heavy atom. The zero-order valence-electron chi connectivity index (χ0n) is 10.6. The van der Waals surface area contributed by atoms with Gasteiger partial charge < -0.3 is 10.4 Å². The molecule has 4 nitrogen and oxygen atoms in total. The Kier molecular flexibility index (Phi) is 7.08. The minimum absolute atomic E-state index is 0. The van der Waals surface area contributed by atoms with E-state index in [2.05, 4.69) is 5.32 Å². The molecule has 0 radical (unpaired) electrons. The van der Waals surface area contributed by atoms with Crippen molar-refractivity contribution in [2.45, 2.75) is 19.9 Å². The van der Waals surface area contributed by atoms with Gasteiger partial charge in [-0.3, -0.25) is 4.79 Å². The van der Waals surface area contributed by atoms with Gasteiger partial charge in [0.1, 0.15) is 6.04 Å². The van der Waals surface area contributed by atoms with Crippen molar-refractivity contribution in [3.05, 3.63) is 34.9 Å². The van der Waals surface area contributed by atoms with Gasteiger partial charge in [0.05, 0.1) is 10.6 Å². The standard InChI is InChI=1S/C12H14ClNO3.Li/c1-7(2)10(12(16)17)14-11(15)8-5-3-4-6-9(8)13;/h3-7,10H,1-2H3,(H,14,15)(H,16,17);/q;+1. The second-order valence-corrected chi connectivity index (χ2v) is 4.42. The van der Waals surface area contributed by atoms with Crippen LogP contribution in [0.5, 0.6) is 0 Å². The summed E-state index contributed by atoms with van der Waals surface area (Å²) in [6.07, 6.45) is 0. The van der Waals surface area contributed by atoms with Crippen molar-refractivity contribution < 1.29 is 33.6 Å². The Morgan fingerprint density at radius 3 is 2.28 bits per heavy atom. The first kappa shape index (κ1) is 17.0. The van der Waals surface area contributed by atoms with Crippen LogP contribution in [0.4, 0.5) is 0 Å². The number of hydrogen-bond donors (Lipinski definition) is 2. The third-order valence-electron chi connectivity index (χ3n) is 2.34. The van der Waals surface area contributed by atoms with Gasteiger partial charge in [0.2, 0.25) is 0 Å².